The van der Waals surface area contributed by atoms with Gasteiger partial charge >= 0.3 is 5.76 Å². The number of oxazole rings is 1. The van der Waals surface area contributed by atoms with E-state index in [1.807, 2.05) is 0 Å². The molecule has 0 aliphatic carbocycles. The van der Waals surface area contributed by atoms with E-state index in [2.05, 4.69) is 0 Å². The van der Waals surface area contributed by atoms with Crippen LogP contribution in [0.1, 0.15) is 10.4 Å². The van der Waals surface area contributed by atoms with Gasteiger partial charge in [0.2, 0.25) is 10.0 Å². The average molecular weight is 425 g/mol. The fraction of sp³-hybridized carbons (Fsp3) is 0.222. The van der Waals surface area contributed by atoms with Gasteiger partial charge in [-0.15, -0.1) is 0 Å². The van der Waals surface area contributed by atoms with Crippen molar-refractivity contribution in [3.63, 3.8) is 0 Å². The van der Waals surface area contributed by atoms with Gasteiger partial charge in [0.05, 0.1) is 29.6 Å². The molecular weight excluding hydrogens is 408 g/mol. The van der Waals surface area contributed by atoms with Crippen molar-refractivity contribution >= 4 is 38.5 Å². The predicted octanol–water partition coefficient (Wildman–Crippen LogP) is 2.39. The molecule has 0 N–H and O–H groups in total. The number of hydrogen-bond acceptors (Lipinski definition) is 6. The van der Waals surface area contributed by atoms with Crippen molar-refractivity contribution in [1.82, 2.24) is 8.87 Å². The number of sulfonamides is 1. The maximum atomic E-state index is 12.7. The summed E-state index contributed by atoms with van der Waals surface area (Å²) < 4.78 is 37.0. The summed E-state index contributed by atoms with van der Waals surface area (Å²) in [5.74, 6) is -0.854. The first-order chi connectivity index (χ1) is 13.1. The molecule has 0 spiro atoms. The molecule has 0 saturated heterocycles. The molecule has 1 aromatic heterocycles. The van der Waals surface area contributed by atoms with Crippen LogP contribution < -0.4 is 10.5 Å². The Hall–Kier alpha value is -2.62. The van der Waals surface area contributed by atoms with Crippen molar-refractivity contribution in [2.75, 3.05) is 21.2 Å². The van der Waals surface area contributed by atoms with E-state index in [0.29, 0.717) is 16.3 Å². The summed E-state index contributed by atoms with van der Waals surface area (Å²) >= 11 is 5.96. The van der Waals surface area contributed by atoms with Gasteiger partial charge in [0.1, 0.15) is 5.75 Å². The maximum Gasteiger partial charge on any atom is 0.420 e. The van der Waals surface area contributed by atoms with Gasteiger partial charge in [-0.05, 0) is 30.3 Å². The summed E-state index contributed by atoms with van der Waals surface area (Å²) in [5.41, 5.74) is 0.596. The number of halogens is 1. The number of rotatable bonds is 6. The van der Waals surface area contributed by atoms with Gasteiger partial charge in [-0.2, -0.15) is 0 Å². The van der Waals surface area contributed by atoms with E-state index in [-0.39, 0.29) is 22.6 Å². The van der Waals surface area contributed by atoms with Crippen LogP contribution in [0.3, 0.4) is 0 Å². The number of ketones is 1. The number of carbonyl (C=O) groups excluding carboxylic acids is 1. The molecule has 0 fully saturated rings. The van der Waals surface area contributed by atoms with Gasteiger partial charge < -0.3 is 9.15 Å². The largest absolute Gasteiger partial charge is 0.496 e. The molecule has 0 aliphatic heterocycles. The summed E-state index contributed by atoms with van der Waals surface area (Å²) in [6.45, 7) is -0.317. The van der Waals surface area contributed by atoms with Crippen molar-refractivity contribution in [2.45, 2.75) is 11.4 Å². The highest BCUT2D eigenvalue weighted by molar-refractivity contribution is 7.89. The Bertz CT molecular complexity index is 1230. The van der Waals surface area contributed by atoms with Crippen molar-refractivity contribution in [3.05, 3.63) is 57.5 Å². The zero-order valence-corrected chi connectivity index (χ0v) is 16.9. The number of ether oxygens (including phenoxy) is 1. The topological polar surface area (TPSA) is 98.8 Å². The average Bonchev–Trinajstić information content (AvgIpc) is 2.96. The Morgan fingerprint density at radius 2 is 1.93 bits per heavy atom. The quantitative estimate of drug-likeness (QED) is 0.563. The number of hydrogen-bond donors (Lipinski definition) is 0. The molecule has 0 radical (unpaired) electrons. The van der Waals surface area contributed by atoms with E-state index >= 15 is 0 Å². The van der Waals surface area contributed by atoms with E-state index in [1.165, 1.54) is 45.5 Å². The first kappa shape index (κ1) is 20.1. The van der Waals surface area contributed by atoms with E-state index in [0.717, 1.165) is 8.87 Å². The normalized spacial score (nSPS) is 11.9. The van der Waals surface area contributed by atoms with E-state index < -0.39 is 21.6 Å². The summed E-state index contributed by atoms with van der Waals surface area (Å²) in [6.07, 6.45) is 0. The first-order valence-corrected chi connectivity index (χ1v) is 9.89. The summed E-state index contributed by atoms with van der Waals surface area (Å²) in [5, 5.41) is 0.354. The van der Waals surface area contributed by atoms with Crippen LogP contribution in [0.2, 0.25) is 5.02 Å². The number of aromatic nitrogens is 1. The zero-order chi connectivity index (χ0) is 20.6. The molecule has 28 heavy (non-hydrogen) atoms. The molecule has 1 heterocycles. The van der Waals surface area contributed by atoms with E-state index in [1.54, 1.807) is 12.1 Å². The van der Waals surface area contributed by atoms with E-state index in [4.69, 9.17) is 20.8 Å². The molecule has 2 aromatic carbocycles. The standard InChI is InChI=1S/C18H17ClN2O6S/c1-20(2)28(24,25)12-5-6-14-17(9-12)27-18(23)21(14)10-15(22)13-8-11(19)4-7-16(13)26-3/h4-9H,10H2,1-3H3. The number of carbonyl (C=O) groups is 1. The van der Waals surface area contributed by atoms with Gasteiger partial charge in [-0.25, -0.2) is 17.5 Å². The fourth-order valence-electron chi connectivity index (χ4n) is 2.69. The second kappa shape index (κ2) is 7.42. The highest BCUT2D eigenvalue weighted by Crippen LogP contribution is 2.25. The lowest BCUT2D eigenvalue weighted by Crippen LogP contribution is -2.22. The second-order valence-electron chi connectivity index (χ2n) is 6.14. The van der Waals surface area contributed by atoms with Gasteiger partial charge in [-0.1, -0.05) is 11.6 Å². The van der Waals surface area contributed by atoms with Crippen LogP contribution in [0, 0.1) is 0 Å². The third-order valence-electron chi connectivity index (χ3n) is 4.18. The van der Waals surface area contributed by atoms with Crippen LogP contribution in [-0.4, -0.2) is 44.3 Å². The lowest BCUT2D eigenvalue weighted by molar-refractivity contribution is 0.0967. The lowest BCUT2D eigenvalue weighted by Gasteiger charge is -2.11. The molecule has 3 aromatic rings. The minimum absolute atomic E-state index is 0.0197. The molecule has 0 aliphatic rings. The van der Waals surface area contributed by atoms with Crippen LogP contribution >= 0.6 is 11.6 Å². The monoisotopic (exact) mass is 424 g/mol. The van der Waals surface area contributed by atoms with Crippen molar-refractivity contribution in [2.24, 2.45) is 0 Å². The maximum absolute atomic E-state index is 12.7. The minimum atomic E-state index is -3.69. The molecule has 0 saturated carbocycles. The smallest absolute Gasteiger partial charge is 0.420 e. The van der Waals surface area contributed by atoms with Crippen LogP contribution in [0.15, 0.2) is 50.5 Å². The fourth-order valence-corrected chi connectivity index (χ4v) is 3.78. The highest BCUT2D eigenvalue weighted by atomic mass is 35.5. The second-order valence-corrected chi connectivity index (χ2v) is 8.73. The first-order valence-electron chi connectivity index (χ1n) is 8.08. The molecular formula is C18H17ClN2O6S. The number of Topliss-reactive ketones (excluding diaryl/α,β-unsaturated/α-hetero) is 1. The number of benzene rings is 2. The summed E-state index contributed by atoms with van der Waals surface area (Å²) in [4.78, 5) is 24.9. The number of fused-ring (bicyclic) bond motifs is 1. The van der Waals surface area contributed by atoms with Crippen LogP contribution in [0.5, 0.6) is 5.75 Å². The van der Waals surface area contributed by atoms with Crippen LogP contribution in [-0.2, 0) is 16.6 Å². The minimum Gasteiger partial charge on any atom is -0.496 e. The summed E-state index contributed by atoms with van der Waals surface area (Å²) in [6, 6.07) is 8.64. The third-order valence-corrected chi connectivity index (χ3v) is 6.23. The molecule has 0 amide bonds. The Morgan fingerprint density at radius 1 is 1.21 bits per heavy atom. The zero-order valence-electron chi connectivity index (χ0n) is 15.3. The van der Waals surface area contributed by atoms with Crippen molar-refractivity contribution in [1.29, 1.82) is 0 Å². The number of methoxy groups -OCH3 is 1. The molecule has 0 atom stereocenters. The lowest BCUT2D eigenvalue weighted by atomic mass is 10.1. The molecule has 0 bridgehead atoms. The van der Waals surface area contributed by atoms with Gasteiger partial charge in [0, 0.05) is 25.2 Å². The molecule has 148 valence electrons. The number of nitrogens with zero attached hydrogens (tertiary/aromatic N) is 2. The summed E-state index contributed by atoms with van der Waals surface area (Å²) in [7, 11) is 0.536. The Balaban J connectivity index is 2.03. The molecule has 3 rings (SSSR count). The van der Waals surface area contributed by atoms with E-state index in [9.17, 15) is 18.0 Å². The Morgan fingerprint density at radius 3 is 2.57 bits per heavy atom. The highest BCUT2D eigenvalue weighted by Gasteiger charge is 2.21. The third kappa shape index (κ3) is 3.56. The Labute approximate surface area is 165 Å². The van der Waals surface area contributed by atoms with Crippen LogP contribution in [0.4, 0.5) is 0 Å². The van der Waals surface area contributed by atoms with Crippen molar-refractivity contribution < 1.29 is 22.4 Å². The molecule has 10 heteroatoms. The predicted molar refractivity (Wildman–Crippen MR) is 104 cm³/mol. The SMILES string of the molecule is COc1ccc(Cl)cc1C(=O)Cn1c(=O)oc2cc(S(=O)(=O)N(C)C)ccc21. The molecule has 8 nitrogen and oxygen atoms in total. The van der Waals surface area contributed by atoms with Crippen LogP contribution in [0.25, 0.3) is 11.1 Å². The van der Waals surface area contributed by atoms with Crippen molar-refractivity contribution in [3.8, 4) is 5.75 Å². The van der Waals surface area contributed by atoms with Gasteiger partial charge in [0.15, 0.2) is 11.4 Å². The molecule has 0 unspecified atom stereocenters. The van der Waals surface area contributed by atoms with Gasteiger partial charge in [0.25, 0.3) is 0 Å². The van der Waals surface area contributed by atoms with Gasteiger partial charge in [-0.3, -0.25) is 9.36 Å². The Kier molecular flexibility index (Phi) is 5.33.